The molecular formula is C38H45N3O4S. The number of para-hydroxylation sites is 1. The summed E-state index contributed by atoms with van der Waals surface area (Å²) in [5, 5.41) is 3.09. The van der Waals surface area contributed by atoms with Gasteiger partial charge in [0.15, 0.2) is 0 Å². The van der Waals surface area contributed by atoms with Crippen LogP contribution in [-0.2, 0) is 39.0 Å². The number of hydrogen-bond acceptors (Lipinski definition) is 4. The van der Waals surface area contributed by atoms with Crippen LogP contribution in [0.4, 0.5) is 5.69 Å². The van der Waals surface area contributed by atoms with E-state index >= 15 is 0 Å². The number of rotatable bonds is 14. The highest BCUT2D eigenvalue weighted by Gasteiger charge is 2.35. The molecule has 0 aromatic heterocycles. The first-order valence-electron chi connectivity index (χ1n) is 15.9. The van der Waals surface area contributed by atoms with E-state index in [0.29, 0.717) is 12.1 Å². The zero-order valence-corrected chi connectivity index (χ0v) is 28.3. The third-order valence-corrected chi connectivity index (χ3v) is 10.2. The Kier molecular flexibility index (Phi) is 11.8. The van der Waals surface area contributed by atoms with E-state index in [1.54, 1.807) is 41.3 Å². The fourth-order valence-corrected chi connectivity index (χ4v) is 6.82. The first-order valence-corrected chi connectivity index (χ1v) is 17.3. The second-order valence-corrected chi connectivity index (χ2v) is 13.6. The van der Waals surface area contributed by atoms with Crippen molar-refractivity contribution in [1.29, 1.82) is 0 Å². The van der Waals surface area contributed by atoms with Crippen molar-refractivity contribution in [3.63, 3.8) is 0 Å². The van der Waals surface area contributed by atoms with Gasteiger partial charge in [0.2, 0.25) is 11.8 Å². The lowest BCUT2D eigenvalue weighted by atomic mass is 10.0. The van der Waals surface area contributed by atoms with Crippen LogP contribution in [0, 0.1) is 13.8 Å². The largest absolute Gasteiger partial charge is 0.352 e. The third-order valence-electron chi connectivity index (χ3n) is 8.40. The van der Waals surface area contributed by atoms with Crippen molar-refractivity contribution in [2.24, 2.45) is 0 Å². The third kappa shape index (κ3) is 8.43. The molecular weight excluding hydrogens is 595 g/mol. The molecule has 1 N–H and O–H groups in total. The van der Waals surface area contributed by atoms with Gasteiger partial charge in [-0.25, -0.2) is 8.42 Å². The predicted molar refractivity (Wildman–Crippen MR) is 185 cm³/mol. The average Bonchev–Trinajstić information content (AvgIpc) is 3.06. The number of anilines is 1. The number of carbonyl (C=O) groups excluding carboxylic acids is 2. The van der Waals surface area contributed by atoms with Crippen molar-refractivity contribution >= 4 is 27.5 Å². The van der Waals surface area contributed by atoms with Gasteiger partial charge in [0.1, 0.15) is 12.6 Å². The molecule has 0 radical (unpaired) electrons. The van der Waals surface area contributed by atoms with Crippen LogP contribution < -0.4 is 9.62 Å². The normalized spacial score (nSPS) is 12.6. The maximum absolute atomic E-state index is 14.7. The molecule has 7 nitrogen and oxygen atoms in total. The minimum absolute atomic E-state index is 0.0950. The number of aryl methyl sites for hydroxylation is 3. The summed E-state index contributed by atoms with van der Waals surface area (Å²) < 4.78 is 29.9. The Morgan fingerprint density at radius 2 is 1.39 bits per heavy atom. The molecule has 0 saturated heterocycles. The molecule has 0 aliphatic rings. The average molecular weight is 640 g/mol. The van der Waals surface area contributed by atoms with Crippen LogP contribution in [0.15, 0.2) is 108 Å². The predicted octanol–water partition coefficient (Wildman–Crippen LogP) is 6.62. The van der Waals surface area contributed by atoms with Crippen LogP contribution in [0.3, 0.4) is 0 Å². The molecule has 0 aliphatic heterocycles. The molecule has 4 aromatic carbocycles. The van der Waals surface area contributed by atoms with Gasteiger partial charge in [-0.05, 0) is 74.1 Å². The van der Waals surface area contributed by atoms with Gasteiger partial charge < -0.3 is 10.2 Å². The summed E-state index contributed by atoms with van der Waals surface area (Å²) in [4.78, 5) is 30.4. The molecule has 2 atom stereocenters. The quantitative estimate of drug-likeness (QED) is 0.168. The Bertz CT molecular complexity index is 1720. The van der Waals surface area contributed by atoms with E-state index < -0.39 is 28.5 Å². The highest BCUT2D eigenvalue weighted by Crippen LogP contribution is 2.29. The van der Waals surface area contributed by atoms with E-state index in [4.69, 9.17) is 0 Å². The zero-order valence-electron chi connectivity index (χ0n) is 27.4. The monoisotopic (exact) mass is 639 g/mol. The fraction of sp³-hybridized carbons (Fsp3) is 0.316. The highest BCUT2D eigenvalue weighted by atomic mass is 32.2. The van der Waals surface area contributed by atoms with Gasteiger partial charge in [-0.15, -0.1) is 0 Å². The van der Waals surface area contributed by atoms with Crippen LogP contribution in [0.25, 0.3) is 0 Å². The number of carbonyl (C=O) groups is 2. The Morgan fingerprint density at radius 1 is 0.783 bits per heavy atom. The van der Waals surface area contributed by atoms with Crippen LogP contribution in [-0.4, -0.2) is 43.8 Å². The standard InChI is InChI=1S/C38H45N3O4S/c1-6-30(5)39-38(43)36(25-31-16-9-8-10-17-31)40(26-33-19-12-11-15-29(33)4)37(42)27-41(35-20-14-13-18-32(35)7-2)46(44,45)34-23-21-28(3)22-24-34/h8-24,30,36H,6-7,25-27H2,1-5H3,(H,39,43). The molecule has 0 bridgehead atoms. The Balaban J connectivity index is 1.84. The molecule has 4 rings (SSSR count). The van der Waals surface area contributed by atoms with Gasteiger partial charge in [0, 0.05) is 19.0 Å². The first kappa shape index (κ1) is 34.4. The van der Waals surface area contributed by atoms with E-state index in [1.807, 2.05) is 101 Å². The number of hydrogen-bond donors (Lipinski definition) is 1. The van der Waals surface area contributed by atoms with E-state index in [0.717, 1.165) is 34.2 Å². The molecule has 4 aromatic rings. The summed E-state index contributed by atoms with van der Waals surface area (Å²) in [6, 6.07) is 30.2. The van der Waals surface area contributed by atoms with Crippen molar-refractivity contribution in [3.05, 3.63) is 131 Å². The SMILES string of the molecule is CCc1ccccc1N(CC(=O)N(Cc1ccccc1C)C(Cc1ccccc1)C(=O)NC(C)CC)S(=O)(=O)c1ccc(C)cc1. The van der Waals surface area contributed by atoms with Gasteiger partial charge in [0.25, 0.3) is 10.0 Å². The second kappa shape index (κ2) is 15.7. The van der Waals surface area contributed by atoms with Gasteiger partial charge in [-0.1, -0.05) is 104 Å². The molecule has 0 fully saturated rings. The van der Waals surface area contributed by atoms with Gasteiger partial charge >= 0.3 is 0 Å². The number of nitrogens with zero attached hydrogens (tertiary/aromatic N) is 2. The van der Waals surface area contributed by atoms with E-state index in [2.05, 4.69) is 5.32 Å². The lowest BCUT2D eigenvalue weighted by Gasteiger charge is -2.35. The highest BCUT2D eigenvalue weighted by molar-refractivity contribution is 7.92. The fourth-order valence-electron chi connectivity index (χ4n) is 5.37. The van der Waals surface area contributed by atoms with Crippen molar-refractivity contribution in [2.75, 3.05) is 10.8 Å². The number of sulfonamides is 1. The lowest BCUT2D eigenvalue weighted by Crippen LogP contribution is -2.54. The molecule has 0 spiro atoms. The molecule has 0 heterocycles. The van der Waals surface area contributed by atoms with Crippen LogP contribution in [0.1, 0.15) is 55.0 Å². The van der Waals surface area contributed by atoms with Gasteiger partial charge in [-0.2, -0.15) is 0 Å². The van der Waals surface area contributed by atoms with E-state index in [-0.39, 0.29) is 29.8 Å². The van der Waals surface area contributed by atoms with Crippen LogP contribution in [0.5, 0.6) is 0 Å². The molecule has 0 aliphatic carbocycles. The summed E-state index contributed by atoms with van der Waals surface area (Å²) >= 11 is 0. The number of benzene rings is 4. The summed E-state index contributed by atoms with van der Waals surface area (Å²) in [6.07, 6.45) is 1.58. The van der Waals surface area contributed by atoms with Crippen molar-refractivity contribution in [3.8, 4) is 0 Å². The topological polar surface area (TPSA) is 86.8 Å². The van der Waals surface area contributed by atoms with Gasteiger partial charge in [-0.3, -0.25) is 13.9 Å². The molecule has 46 heavy (non-hydrogen) atoms. The maximum Gasteiger partial charge on any atom is 0.264 e. The number of nitrogens with one attached hydrogen (secondary N) is 1. The summed E-state index contributed by atoms with van der Waals surface area (Å²) in [5.41, 5.74) is 4.92. The van der Waals surface area contributed by atoms with Crippen LogP contribution >= 0.6 is 0 Å². The van der Waals surface area contributed by atoms with Crippen molar-refractivity contribution < 1.29 is 18.0 Å². The molecule has 8 heteroatoms. The first-order chi connectivity index (χ1) is 22.0. The number of amides is 2. The summed E-state index contributed by atoms with van der Waals surface area (Å²) in [6.45, 7) is 9.41. The Hall–Kier alpha value is -4.43. The molecule has 2 amide bonds. The minimum atomic E-state index is -4.16. The van der Waals surface area contributed by atoms with E-state index in [9.17, 15) is 18.0 Å². The molecule has 242 valence electrons. The van der Waals surface area contributed by atoms with E-state index in [1.165, 1.54) is 4.31 Å². The maximum atomic E-state index is 14.7. The van der Waals surface area contributed by atoms with Crippen molar-refractivity contribution in [1.82, 2.24) is 10.2 Å². The lowest BCUT2D eigenvalue weighted by molar-refractivity contribution is -0.140. The Labute approximate surface area is 274 Å². The molecule has 0 saturated carbocycles. The van der Waals surface area contributed by atoms with Crippen LogP contribution in [0.2, 0.25) is 0 Å². The molecule has 2 unspecified atom stereocenters. The Morgan fingerprint density at radius 3 is 2.02 bits per heavy atom. The van der Waals surface area contributed by atoms with Gasteiger partial charge in [0.05, 0.1) is 10.6 Å². The van der Waals surface area contributed by atoms with Crippen molar-refractivity contribution in [2.45, 2.75) is 77.4 Å². The smallest absolute Gasteiger partial charge is 0.264 e. The summed E-state index contributed by atoms with van der Waals surface area (Å²) in [5.74, 6) is -0.743. The zero-order chi connectivity index (χ0) is 33.3. The minimum Gasteiger partial charge on any atom is -0.352 e. The summed E-state index contributed by atoms with van der Waals surface area (Å²) in [7, 11) is -4.16. The second-order valence-electron chi connectivity index (χ2n) is 11.8.